The lowest BCUT2D eigenvalue weighted by Gasteiger charge is -2.38. The molecular formula is C28H27N7O3. The van der Waals surface area contributed by atoms with Gasteiger partial charge in [-0.25, -0.2) is 14.8 Å². The topological polar surface area (TPSA) is 126 Å². The first-order valence-electron chi connectivity index (χ1n) is 12.8. The number of anilines is 3. The average molecular weight is 510 g/mol. The number of amides is 3. The van der Waals surface area contributed by atoms with Gasteiger partial charge in [0, 0.05) is 49.7 Å². The van der Waals surface area contributed by atoms with E-state index in [-0.39, 0.29) is 23.7 Å². The SMILES string of the molecule is N#Cc1ccc2c(c1)CCN2C(=O)c1cc(N2CCC(N3CCc4cc(O)ccc4NC3=O)CC2)ncn1. The molecule has 0 spiro atoms. The number of nitriles is 1. The largest absolute Gasteiger partial charge is 0.508 e. The van der Waals surface area contributed by atoms with E-state index in [1.54, 1.807) is 35.2 Å². The number of rotatable bonds is 3. The molecule has 0 unspecified atom stereocenters. The van der Waals surface area contributed by atoms with Crippen molar-refractivity contribution < 1.29 is 14.7 Å². The molecule has 0 saturated carbocycles. The van der Waals surface area contributed by atoms with E-state index in [2.05, 4.69) is 26.3 Å². The van der Waals surface area contributed by atoms with Crippen LogP contribution in [0.3, 0.4) is 0 Å². The summed E-state index contributed by atoms with van der Waals surface area (Å²) in [6.07, 6.45) is 4.38. The fourth-order valence-electron chi connectivity index (χ4n) is 5.65. The Hall–Kier alpha value is -4.65. The number of piperidine rings is 1. The number of hydrogen-bond donors (Lipinski definition) is 2. The summed E-state index contributed by atoms with van der Waals surface area (Å²) in [6, 6.07) is 14.3. The van der Waals surface area contributed by atoms with Crippen molar-refractivity contribution in [3.05, 3.63) is 71.2 Å². The quantitative estimate of drug-likeness (QED) is 0.519. The van der Waals surface area contributed by atoms with Crippen LogP contribution in [0.15, 0.2) is 48.8 Å². The van der Waals surface area contributed by atoms with E-state index >= 15 is 0 Å². The van der Waals surface area contributed by atoms with Gasteiger partial charge in [-0.15, -0.1) is 0 Å². The maximum Gasteiger partial charge on any atom is 0.322 e. The molecule has 0 atom stereocenters. The molecule has 0 radical (unpaired) electrons. The van der Waals surface area contributed by atoms with Crippen molar-refractivity contribution in [3.8, 4) is 11.8 Å². The standard InChI is InChI=1S/C28H27N7O3/c29-16-18-1-4-25-20(13-18)6-12-35(25)27(37)24-15-26(31-17-30-24)33-9-7-21(8-10-33)34-11-5-19-14-22(36)2-3-23(19)32-28(34)38/h1-4,13-15,17,21,36H,5-12H2,(H,32,38). The van der Waals surface area contributed by atoms with Crippen molar-refractivity contribution in [2.75, 3.05) is 41.3 Å². The summed E-state index contributed by atoms with van der Waals surface area (Å²) in [5, 5.41) is 21.9. The molecule has 10 heteroatoms. The number of fused-ring (bicyclic) bond motifs is 2. The van der Waals surface area contributed by atoms with Crippen LogP contribution >= 0.6 is 0 Å². The molecule has 192 valence electrons. The van der Waals surface area contributed by atoms with Crippen molar-refractivity contribution in [2.24, 2.45) is 0 Å². The van der Waals surface area contributed by atoms with E-state index in [0.717, 1.165) is 35.3 Å². The minimum Gasteiger partial charge on any atom is -0.508 e. The summed E-state index contributed by atoms with van der Waals surface area (Å²) in [6.45, 7) is 2.55. The molecule has 3 amide bonds. The van der Waals surface area contributed by atoms with Crippen molar-refractivity contribution in [1.82, 2.24) is 14.9 Å². The monoisotopic (exact) mass is 509 g/mol. The third kappa shape index (κ3) is 4.36. The molecule has 2 aromatic carbocycles. The Morgan fingerprint density at radius 3 is 2.63 bits per heavy atom. The van der Waals surface area contributed by atoms with Crippen LogP contribution in [-0.4, -0.2) is 64.1 Å². The molecule has 4 heterocycles. The maximum atomic E-state index is 13.3. The van der Waals surface area contributed by atoms with Gasteiger partial charge in [0.15, 0.2) is 0 Å². The summed E-state index contributed by atoms with van der Waals surface area (Å²) in [4.78, 5) is 40.7. The van der Waals surface area contributed by atoms with Gasteiger partial charge in [0.25, 0.3) is 5.91 Å². The number of phenolic OH excluding ortho intramolecular Hbond substituents is 1. The smallest absolute Gasteiger partial charge is 0.322 e. The Morgan fingerprint density at radius 1 is 1.00 bits per heavy atom. The molecule has 38 heavy (non-hydrogen) atoms. The van der Waals surface area contributed by atoms with Crippen LogP contribution in [0.1, 0.15) is 40.0 Å². The molecule has 1 fully saturated rings. The lowest BCUT2D eigenvalue weighted by molar-refractivity contribution is 0.0984. The van der Waals surface area contributed by atoms with Gasteiger partial charge >= 0.3 is 6.03 Å². The number of nitrogens with zero attached hydrogens (tertiary/aromatic N) is 6. The van der Waals surface area contributed by atoms with E-state index < -0.39 is 0 Å². The number of aromatic hydroxyl groups is 1. The Balaban J connectivity index is 1.11. The number of nitrogens with one attached hydrogen (secondary N) is 1. The molecule has 10 nitrogen and oxygen atoms in total. The van der Waals surface area contributed by atoms with Crippen LogP contribution < -0.4 is 15.1 Å². The summed E-state index contributed by atoms with van der Waals surface area (Å²) < 4.78 is 0. The van der Waals surface area contributed by atoms with Crippen LogP contribution in [0.2, 0.25) is 0 Å². The zero-order valence-corrected chi connectivity index (χ0v) is 20.8. The average Bonchev–Trinajstić information content (AvgIpc) is 3.30. The summed E-state index contributed by atoms with van der Waals surface area (Å²) in [5.74, 6) is 0.715. The molecule has 2 N–H and O–H groups in total. The van der Waals surface area contributed by atoms with Crippen LogP contribution in [-0.2, 0) is 12.8 Å². The number of phenols is 1. The molecule has 1 aromatic heterocycles. The van der Waals surface area contributed by atoms with Gasteiger partial charge in [0.2, 0.25) is 0 Å². The highest BCUT2D eigenvalue weighted by Crippen LogP contribution is 2.31. The normalized spacial score (nSPS) is 17.3. The highest BCUT2D eigenvalue weighted by molar-refractivity contribution is 6.06. The van der Waals surface area contributed by atoms with Gasteiger partial charge in [0.1, 0.15) is 23.6 Å². The third-order valence-corrected chi connectivity index (χ3v) is 7.66. The van der Waals surface area contributed by atoms with E-state index in [1.165, 1.54) is 6.33 Å². The first-order valence-corrected chi connectivity index (χ1v) is 12.8. The van der Waals surface area contributed by atoms with E-state index in [4.69, 9.17) is 5.26 Å². The second-order valence-electron chi connectivity index (χ2n) is 9.86. The number of benzene rings is 2. The van der Waals surface area contributed by atoms with Gasteiger partial charge in [-0.2, -0.15) is 5.26 Å². The van der Waals surface area contributed by atoms with Crippen molar-refractivity contribution in [2.45, 2.75) is 31.7 Å². The third-order valence-electron chi connectivity index (χ3n) is 7.66. The van der Waals surface area contributed by atoms with Crippen LogP contribution in [0.25, 0.3) is 0 Å². The molecule has 3 aliphatic rings. The highest BCUT2D eigenvalue weighted by Gasteiger charge is 2.31. The summed E-state index contributed by atoms with van der Waals surface area (Å²) in [5.41, 5.74) is 4.42. The predicted octanol–water partition coefficient (Wildman–Crippen LogP) is 3.32. The first kappa shape index (κ1) is 23.7. The second-order valence-corrected chi connectivity index (χ2v) is 9.86. The first-order chi connectivity index (χ1) is 18.5. The molecule has 3 aliphatic heterocycles. The van der Waals surface area contributed by atoms with Crippen molar-refractivity contribution >= 4 is 29.1 Å². The van der Waals surface area contributed by atoms with Gasteiger partial charge in [0.05, 0.1) is 11.6 Å². The molecule has 1 saturated heterocycles. The summed E-state index contributed by atoms with van der Waals surface area (Å²) in [7, 11) is 0. The Labute approximate surface area is 220 Å². The lowest BCUT2D eigenvalue weighted by Crippen LogP contribution is -2.49. The van der Waals surface area contributed by atoms with Gasteiger partial charge in [-0.3, -0.25) is 4.79 Å². The molecular weight excluding hydrogens is 482 g/mol. The zero-order chi connectivity index (χ0) is 26.2. The van der Waals surface area contributed by atoms with Gasteiger partial charge < -0.3 is 25.1 Å². The van der Waals surface area contributed by atoms with E-state index in [9.17, 15) is 14.7 Å². The fraction of sp³-hybridized carbons (Fsp3) is 0.321. The second kappa shape index (κ2) is 9.67. The number of carbonyl (C=O) groups excluding carboxylic acids is 2. The molecule has 6 rings (SSSR count). The fourth-order valence-corrected chi connectivity index (χ4v) is 5.65. The van der Waals surface area contributed by atoms with Gasteiger partial charge in [-0.05, 0) is 73.2 Å². The number of hydrogen-bond acceptors (Lipinski definition) is 7. The van der Waals surface area contributed by atoms with Crippen LogP contribution in [0.5, 0.6) is 5.75 Å². The van der Waals surface area contributed by atoms with Crippen molar-refractivity contribution in [3.63, 3.8) is 0 Å². The highest BCUT2D eigenvalue weighted by atomic mass is 16.3. The number of urea groups is 1. The number of aromatic nitrogens is 2. The predicted molar refractivity (Wildman–Crippen MR) is 141 cm³/mol. The summed E-state index contributed by atoms with van der Waals surface area (Å²) >= 11 is 0. The molecule has 3 aromatic rings. The van der Waals surface area contributed by atoms with E-state index in [1.807, 2.05) is 17.0 Å². The Morgan fingerprint density at radius 2 is 1.82 bits per heavy atom. The number of carbonyl (C=O) groups is 2. The molecule has 0 bridgehead atoms. The Bertz CT molecular complexity index is 1460. The maximum absolute atomic E-state index is 13.3. The minimum absolute atomic E-state index is 0.0940. The van der Waals surface area contributed by atoms with Crippen molar-refractivity contribution in [1.29, 1.82) is 5.26 Å². The van der Waals surface area contributed by atoms with Gasteiger partial charge in [-0.1, -0.05) is 0 Å². The van der Waals surface area contributed by atoms with E-state index in [0.29, 0.717) is 56.1 Å². The van der Waals surface area contributed by atoms with Crippen LogP contribution in [0.4, 0.5) is 22.0 Å². The van der Waals surface area contributed by atoms with Crippen LogP contribution in [0, 0.1) is 11.3 Å². The minimum atomic E-state index is -0.182. The lowest BCUT2D eigenvalue weighted by atomic mass is 10.0. The Kier molecular flexibility index (Phi) is 6.04. The zero-order valence-electron chi connectivity index (χ0n) is 20.8. The molecule has 0 aliphatic carbocycles.